The van der Waals surface area contributed by atoms with Crippen molar-refractivity contribution in [2.45, 2.75) is 92.3 Å². The Morgan fingerprint density at radius 2 is 1.20 bits per heavy atom. The SMILES string of the molecule is Cc1cc(/C=C/C(=O)CC(=O)/C=C/c2ccc(OCCNC(=O)OC(C)(C)C)c(C)c2)ccc1OCCCCC(=O)OC(C)(C)C. The predicted molar refractivity (Wildman–Crippen MR) is 180 cm³/mol. The third kappa shape index (κ3) is 16.1. The number of alkyl carbamates (subject to hydrolysis) is 1. The molecule has 1 N–H and O–H groups in total. The highest BCUT2D eigenvalue weighted by atomic mass is 16.6. The molecule has 250 valence electrons. The Morgan fingerprint density at radius 3 is 1.67 bits per heavy atom. The van der Waals surface area contributed by atoms with Gasteiger partial charge in [-0.3, -0.25) is 14.4 Å². The Kier molecular flexibility index (Phi) is 14.7. The Morgan fingerprint density at radius 1 is 0.696 bits per heavy atom. The van der Waals surface area contributed by atoms with Gasteiger partial charge in [-0.2, -0.15) is 0 Å². The summed E-state index contributed by atoms with van der Waals surface area (Å²) >= 11 is 0. The molecule has 0 radical (unpaired) electrons. The number of benzene rings is 2. The van der Waals surface area contributed by atoms with Gasteiger partial charge in [0.2, 0.25) is 0 Å². The normalized spacial score (nSPS) is 11.8. The molecule has 9 heteroatoms. The molecule has 2 aromatic rings. The van der Waals surface area contributed by atoms with E-state index in [4.69, 9.17) is 18.9 Å². The van der Waals surface area contributed by atoms with Crippen molar-refractivity contribution in [2.24, 2.45) is 0 Å². The van der Waals surface area contributed by atoms with Crippen LogP contribution in [0.2, 0.25) is 0 Å². The molecule has 0 heterocycles. The summed E-state index contributed by atoms with van der Waals surface area (Å²) in [7, 11) is 0. The highest BCUT2D eigenvalue weighted by Gasteiger charge is 2.16. The second-order valence-corrected chi connectivity index (χ2v) is 13.0. The maximum atomic E-state index is 12.4. The predicted octanol–water partition coefficient (Wildman–Crippen LogP) is 7.35. The van der Waals surface area contributed by atoms with Gasteiger partial charge in [0.05, 0.1) is 19.6 Å². The lowest BCUT2D eigenvalue weighted by Gasteiger charge is -2.19. The standard InChI is InChI=1S/C37H49NO8/c1-26-23-28(14-18-32(26)43-21-10-9-11-34(41)45-36(3,4)5)12-16-30(39)25-31(40)17-13-29-15-19-33(27(2)24-29)44-22-20-38-35(42)46-37(6,7)8/h12-19,23-24H,9-11,20-22,25H2,1-8H3,(H,38,42)/b16-12+,17-13+. The number of ketones is 2. The number of carbonyl (C=O) groups is 4. The van der Waals surface area contributed by atoms with Crippen LogP contribution in [0.1, 0.15) is 89.5 Å². The van der Waals surface area contributed by atoms with E-state index in [2.05, 4.69) is 5.32 Å². The van der Waals surface area contributed by atoms with E-state index in [-0.39, 0.29) is 30.6 Å². The van der Waals surface area contributed by atoms with E-state index in [1.165, 1.54) is 12.2 Å². The molecule has 1 amide bonds. The van der Waals surface area contributed by atoms with Gasteiger partial charge in [-0.1, -0.05) is 24.3 Å². The van der Waals surface area contributed by atoms with E-state index in [1.54, 1.807) is 39.0 Å². The minimum atomic E-state index is -0.562. The Labute approximate surface area is 273 Å². The lowest BCUT2D eigenvalue weighted by Crippen LogP contribution is -2.34. The molecular weight excluding hydrogens is 586 g/mol. The summed E-state index contributed by atoms with van der Waals surface area (Å²) < 4.78 is 22.1. The van der Waals surface area contributed by atoms with Gasteiger partial charge in [-0.05, 0) is 127 Å². The van der Waals surface area contributed by atoms with Gasteiger partial charge in [-0.15, -0.1) is 0 Å². The molecule has 0 aromatic heterocycles. The lowest BCUT2D eigenvalue weighted by atomic mass is 10.1. The van der Waals surface area contributed by atoms with Crippen molar-refractivity contribution in [1.29, 1.82) is 0 Å². The van der Waals surface area contributed by atoms with Crippen molar-refractivity contribution >= 4 is 35.8 Å². The third-order valence-electron chi connectivity index (χ3n) is 6.15. The number of carbonyl (C=O) groups excluding carboxylic acids is 4. The minimum Gasteiger partial charge on any atom is -0.493 e. The lowest BCUT2D eigenvalue weighted by molar-refractivity contribution is -0.155. The largest absolute Gasteiger partial charge is 0.493 e. The molecule has 46 heavy (non-hydrogen) atoms. The smallest absolute Gasteiger partial charge is 0.407 e. The molecule has 0 aliphatic carbocycles. The van der Waals surface area contributed by atoms with Crippen molar-refractivity contribution in [2.75, 3.05) is 19.8 Å². The van der Waals surface area contributed by atoms with E-state index in [0.717, 1.165) is 34.4 Å². The van der Waals surface area contributed by atoms with Crippen LogP contribution in [0.25, 0.3) is 12.2 Å². The number of rotatable bonds is 16. The van der Waals surface area contributed by atoms with Crippen LogP contribution >= 0.6 is 0 Å². The maximum absolute atomic E-state index is 12.4. The number of unbranched alkanes of at least 4 members (excludes halogenated alkanes) is 1. The molecule has 0 aliphatic rings. The molecular formula is C37H49NO8. The number of aryl methyl sites for hydroxylation is 2. The van der Waals surface area contributed by atoms with Gasteiger partial charge in [0.25, 0.3) is 0 Å². The molecule has 0 spiro atoms. The first-order valence-corrected chi connectivity index (χ1v) is 15.6. The number of hydrogen-bond acceptors (Lipinski definition) is 8. The van der Waals surface area contributed by atoms with Crippen LogP contribution in [-0.4, -0.2) is 54.6 Å². The first-order chi connectivity index (χ1) is 21.5. The van der Waals surface area contributed by atoms with Gasteiger partial charge < -0.3 is 24.3 Å². The summed E-state index contributed by atoms with van der Waals surface area (Å²) in [6.45, 7) is 15.8. The van der Waals surface area contributed by atoms with Crippen molar-refractivity contribution in [1.82, 2.24) is 5.32 Å². The first-order valence-electron chi connectivity index (χ1n) is 15.6. The summed E-state index contributed by atoms with van der Waals surface area (Å²) in [5.74, 6) is 0.610. The van der Waals surface area contributed by atoms with E-state index in [9.17, 15) is 19.2 Å². The summed E-state index contributed by atoms with van der Waals surface area (Å²) in [5, 5.41) is 2.65. The molecule has 2 aromatic carbocycles. The second-order valence-electron chi connectivity index (χ2n) is 13.0. The summed E-state index contributed by atoms with van der Waals surface area (Å²) in [6.07, 6.45) is 7.20. The Bertz CT molecular complexity index is 1410. The Hall–Kier alpha value is -4.40. The zero-order valence-corrected chi connectivity index (χ0v) is 28.5. The number of allylic oxidation sites excluding steroid dienone is 2. The third-order valence-corrected chi connectivity index (χ3v) is 6.15. The maximum Gasteiger partial charge on any atom is 0.407 e. The van der Waals surface area contributed by atoms with Crippen LogP contribution < -0.4 is 14.8 Å². The van der Waals surface area contributed by atoms with E-state index >= 15 is 0 Å². The van der Waals surface area contributed by atoms with E-state index in [1.807, 2.05) is 65.0 Å². The van der Waals surface area contributed by atoms with Crippen LogP contribution in [0.4, 0.5) is 4.79 Å². The van der Waals surface area contributed by atoms with Gasteiger partial charge in [0, 0.05) is 6.42 Å². The van der Waals surface area contributed by atoms with Gasteiger partial charge in [-0.25, -0.2) is 4.79 Å². The second kappa shape index (κ2) is 17.9. The summed E-state index contributed by atoms with van der Waals surface area (Å²) in [5.41, 5.74) is 2.38. The highest BCUT2D eigenvalue weighted by molar-refractivity contribution is 6.10. The fourth-order valence-electron chi connectivity index (χ4n) is 4.12. The van der Waals surface area contributed by atoms with Crippen molar-refractivity contribution in [3.05, 3.63) is 70.8 Å². The topological polar surface area (TPSA) is 117 Å². The first kappa shape index (κ1) is 37.8. The molecule has 0 bridgehead atoms. The van der Waals surface area contributed by atoms with E-state index in [0.29, 0.717) is 31.7 Å². The number of nitrogens with one attached hydrogen (secondary N) is 1. The molecule has 0 aliphatic heterocycles. The van der Waals surface area contributed by atoms with Crippen molar-refractivity contribution < 1.29 is 38.1 Å². The Balaban J connectivity index is 1.75. The fraction of sp³-hybridized carbons (Fsp3) is 0.459. The zero-order chi connectivity index (χ0) is 34.3. The monoisotopic (exact) mass is 635 g/mol. The van der Waals surface area contributed by atoms with E-state index < -0.39 is 17.3 Å². The van der Waals surface area contributed by atoms with Gasteiger partial charge in [0.1, 0.15) is 29.3 Å². The molecule has 0 saturated heterocycles. The van der Waals surface area contributed by atoms with Crippen molar-refractivity contribution in [3.8, 4) is 11.5 Å². The fourth-order valence-corrected chi connectivity index (χ4v) is 4.12. The number of amides is 1. The number of ether oxygens (including phenoxy) is 4. The van der Waals surface area contributed by atoms with Gasteiger partial charge >= 0.3 is 12.1 Å². The van der Waals surface area contributed by atoms with Crippen LogP contribution in [0.5, 0.6) is 11.5 Å². The molecule has 0 unspecified atom stereocenters. The number of esters is 1. The highest BCUT2D eigenvalue weighted by Crippen LogP contribution is 2.22. The molecule has 0 atom stereocenters. The molecule has 9 nitrogen and oxygen atoms in total. The molecule has 2 rings (SSSR count). The summed E-state index contributed by atoms with van der Waals surface area (Å²) in [6, 6.07) is 11.1. The van der Waals surface area contributed by atoms with Crippen LogP contribution in [0, 0.1) is 13.8 Å². The van der Waals surface area contributed by atoms with Crippen LogP contribution in [0.3, 0.4) is 0 Å². The molecule has 0 fully saturated rings. The van der Waals surface area contributed by atoms with Crippen LogP contribution in [0.15, 0.2) is 48.6 Å². The number of hydrogen-bond donors (Lipinski definition) is 1. The quantitative estimate of drug-likeness (QED) is 0.0881. The summed E-state index contributed by atoms with van der Waals surface area (Å²) in [4.78, 5) is 48.3. The average Bonchev–Trinajstić information content (AvgIpc) is 2.92. The average molecular weight is 636 g/mol. The zero-order valence-electron chi connectivity index (χ0n) is 28.5. The molecule has 0 saturated carbocycles. The van der Waals surface area contributed by atoms with Crippen molar-refractivity contribution in [3.63, 3.8) is 0 Å². The minimum absolute atomic E-state index is 0.206. The van der Waals surface area contributed by atoms with Crippen LogP contribution in [-0.2, 0) is 23.9 Å². The van der Waals surface area contributed by atoms with Gasteiger partial charge in [0.15, 0.2) is 11.6 Å².